The van der Waals surface area contributed by atoms with E-state index in [2.05, 4.69) is 10.5 Å². The Morgan fingerprint density at radius 2 is 1.86 bits per heavy atom. The molecule has 21 heavy (non-hydrogen) atoms. The Morgan fingerprint density at radius 3 is 2.52 bits per heavy atom. The maximum atomic E-state index is 11.8. The molecule has 0 saturated carbocycles. The molecule has 1 unspecified atom stereocenters. The van der Waals surface area contributed by atoms with E-state index in [1.807, 2.05) is 30.3 Å². The fraction of sp³-hybridized carbons (Fsp3) is 0.125. The highest BCUT2D eigenvalue weighted by molar-refractivity contribution is 6.30. The van der Waals surface area contributed by atoms with Crippen LogP contribution < -0.4 is 10.2 Å². The number of carbonyl (C=O) groups excluding carboxylic acids is 1. The van der Waals surface area contributed by atoms with Gasteiger partial charge in [-0.1, -0.05) is 41.9 Å². The SMILES string of the molecule is CC(Oc1ccccc1)C(=O)NN=Cc1ccc(Cl)cc1. The molecule has 1 atom stereocenters. The highest BCUT2D eigenvalue weighted by Gasteiger charge is 2.13. The first-order valence-corrected chi connectivity index (χ1v) is 6.83. The van der Waals surface area contributed by atoms with E-state index in [9.17, 15) is 4.79 Å². The zero-order valence-corrected chi connectivity index (χ0v) is 12.2. The molecular weight excluding hydrogens is 288 g/mol. The van der Waals surface area contributed by atoms with Crippen molar-refractivity contribution in [2.75, 3.05) is 0 Å². The molecule has 0 aliphatic rings. The molecule has 0 heterocycles. The molecule has 5 heteroatoms. The second-order valence-electron chi connectivity index (χ2n) is 4.36. The number of carbonyl (C=O) groups is 1. The van der Waals surface area contributed by atoms with Crippen LogP contribution in [0.5, 0.6) is 5.75 Å². The second-order valence-corrected chi connectivity index (χ2v) is 4.80. The number of rotatable bonds is 5. The van der Waals surface area contributed by atoms with Gasteiger partial charge in [-0.25, -0.2) is 5.43 Å². The first-order valence-electron chi connectivity index (χ1n) is 6.45. The average Bonchev–Trinajstić information content (AvgIpc) is 2.50. The highest BCUT2D eigenvalue weighted by Crippen LogP contribution is 2.10. The fourth-order valence-electron chi connectivity index (χ4n) is 1.57. The topological polar surface area (TPSA) is 50.7 Å². The first-order chi connectivity index (χ1) is 10.1. The number of nitrogens with zero attached hydrogens (tertiary/aromatic N) is 1. The number of amides is 1. The monoisotopic (exact) mass is 302 g/mol. The summed E-state index contributed by atoms with van der Waals surface area (Å²) in [4.78, 5) is 11.8. The fourth-order valence-corrected chi connectivity index (χ4v) is 1.69. The van der Waals surface area contributed by atoms with Crippen LogP contribution in [0.3, 0.4) is 0 Å². The Balaban J connectivity index is 1.85. The molecule has 0 bridgehead atoms. The van der Waals surface area contributed by atoms with Crippen LogP contribution >= 0.6 is 11.6 Å². The third-order valence-electron chi connectivity index (χ3n) is 2.68. The van der Waals surface area contributed by atoms with Crippen molar-refractivity contribution >= 4 is 23.7 Å². The smallest absolute Gasteiger partial charge is 0.280 e. The van der Waals surface area contributed by atoms with Crippen molar-refractivity contribution in [3.05, 3.63) is 65.2 Å². The van der Waals surface area contributed by atoms with Crippen LogP contribution in [0.2, 0.25) is 5.02 Å². The van der Waals surface area contributed by atoms with E-state index in [0.717, 1.165) is 5.56 Å². The Kier molecular flexibility index (Phi) is 5.35. The number of halogens is 1. The largest absolute Gasteiger partial charge is 0.481 e. The Labute approximate surface area is 128 Å². The van der Waals surface area contributed by atoms with Crippen LogP contribution in [0.25, 0.3) is 0 Å². The van der Waals surface area contributed by atoms with Crippen LogP contribution in [0.1, 0.15) is 12.5 Å². The molecule has 2 rings (SSSR count). The van der Waals surface area contributed by atoms with Crippen LogP contribution in [0, 0.1) is 0 Å². The van der Waals surface area contributed by atoms with Crippen LogP contribution in [-0.4, -0.2) is 18.2 Å². The van der Waals surface area contributed by atoms with Crippen molar-refractivity contribution in [1.82, 2.24) is 5.43 Å². The first kappa shape index (κ1) is 15.1. The summed E-state index contributed by atoms with van der Waals surface area (Å²) in [5.41, 5.74) is 3.28. The molecule has 0 spiro atoms. The molecule has 2 aromatic carbocycles. The third kappa shape index (κ3) is 4.93. The van der Waals surface area contributed by atoms with E-state index in [1.54, 1.807) is 37.4 Å². The Bertz CT molecular complexity index is 612. The number of ether oxygens (including phenoxy) is 1. The summed E-state index contributed by atoms with van der Waals surface area (Å²) in [7, 11) is 0. The van der Waals surface area contributed by atoms with E-state index in [4.69, 9.17) is 16.3 Å². The van der Waals surface area contributed by atoms with Gasteiger partial charge in [0.2, 0.25) is 0 Å². The van der Waals surface area contributed by atoms with Gasteiger partial charge in [-0.3, -0.25) is 4.79 Å². The molecular formula is C16H15ClN2O2. The predicted octanol–water partition coefficient (Wildman–Crippen LogP) is 3.26. The van der Waals surface area contributed by atoms with Gasteiger partial charge in [0.25, 0.3) is 5.91 Å². The van der Waals surface area contributed by atoms with Gasteiger partial charge in [0, 0.05) is 5.02 Å². The van der Waals surface area contributed by atoms with E-state index in [-0.39, 0.29) is 5.91 Å². The zero-order chi connectivity index (χ0) is 15.1. The van der Waals surface area contributed by atoms with Crippen molar-refractivity contribution in [1.29, 1.82) is 0 Å². The van der Waals surface area contributed by atoms with Gasteiger partial charge >= 0.3 is 0 Å². The Hall–Kier alpha value is -2.33. The highest BCUT2D eigenvalue weighted by atomic mass is 35.5. The summed E-state index contributed by atoms with van der Waals surface area (Å²) in [5.74, 6) is 0.325. The summed E-state index contributed by atoms with van der Waals surface area (Å²) in [6.45, 7) is 1.67. The molecule has 1 amide bonds. The van der Waals surface area contributed by atoms with E-state index >= 15 is 0 Å². The van der Waals surface area contributed by atoms with Crippen LogP contribution in [-0.2, 0) is 4.79 Å². The molecule has 0 aromatic heterocycles. The van der Waals surface area contributed by atoms with Crippen molar-refractivity contribution in [2.45, 2.75) is 13.0 Å². The zero-order valence-electron chi connectivity index (χ0n) is 11.5. The lowest BCUT2D eigenvalue weighted by atomic mass is 10.2. The average molecular weight is 303 g/mol. The van der Waals surface area contributed by atoms with Gasteiger partial charge in [0.15, 0.2) is 6.10 Å². The maximum Gasteiger partial charge on any atom is 0.280 e. The van der Waals surface area contributed by atoms with E-state index < -0.39 is 6.10 Å². The minimum atomic E-state index is -0.630. The van der Waals surface area contributed by atoms with Crippen molar-refractivity contribution in [3.8, 4) is 5.75 Å². The quantitative estimate of drug-likeness (QED) is 0.681. The predicted molar refractivity (Wildman–Crippen MR) is 83.7 cm³/mol. The van der Waals surface area contributed by atoms with Crippen molar-refractivity contribution in [3.63, 3.8) is 0 Å². The minimum absolute atomic E-state index is 0.316. The van der Waals surface area contributed by atoms with Crippen molar-refractivity contribution in [2.24, 2.45) is 5.10 Å². The van der Waals surface area contributed by atoms with E-state index in [1.165, 1.54) is 0 Å². The van der Waals surface area contributed by atoms with Gasteiger partial charge in [0.05, 0.1) is 6.21 Å². The number of hydrogen-bond acceptors (Lipinski definition) is 3. The minimum Gasteiger partial charge on any atom is -0.481 e. The molecule has 0 aliphatic carbocycles. The number of nitrogens with one attached hydrogen (secondary N) is 1. The van der Waals surface area contributed by atoms with Gasteiger partial charge in [-0.15, -0.1) is 0 Å². The lowest BCUT2D eigenvalue weighted by molar-refractivity contribution is -0.127. The molecule has 0 saturated heterocycles. The number of hydrazone groups is 1. The van der Waals surface area contributed by atoms with Gasteiger partial charge in [-0.2, -0.15) is 5.10 Å². The summed E-state index contributed by atoms with van der Waals surface area (Å²) >= 11 is 5.78. The van der Waals surface area contributed by atoms with Crippen LogP contribution in [0.4, 0.5) is 0 Å². The normalized spacial score (nSPS) is 12.1. The molecule has 4 nitrogen and oxygen atoms in total. The number of hydrogen-bond donors (Lipinski definition) is 1. The molecule has 1 N–H and O–H groups in total. The molecule has 0 fully saturated rings. The summed E-state index contributed by atoms with van der Waals surface area (Å²) < 4.78 is 5.49. The summed E-state index contributed by atoms with van der Waals surface area (Å²) in [6.07, 6.45) is 0.915. The number of para-hydroxylation sites is 1. The third-order valence-corrected chi connectivity index (χ3v) is 2.94. The second kappa shape index (κ2) is 7.45. The Morgan fingerprint density at radius 1 is 1.19 bits per heavy atom. The lowest BCUT2D eigenvalue weighted by Gasteiger charge is -2.12. The van der Waals surface area contributed by atoms with Gasteiger partial charge in [0.1, 0.15) is 5.75 Å². The molecule has 0 aliphatic heterocycles. The van der Waals surface area contributed by atoms with Gasteiger partial charge < -0.3 is 4.74 Å². The maximum absolute atomic E-state index is 11.8. The molecule has 0 radical (unpaired) electrons. The number of benzene rings is 2. The van der Waals surface area contributed by atoms with E-state index in [0.29, 0.717) is 10.8 Å². The summed E-state index contributed by atoms with van der Waals surface area (Å²) in [5, 5.41) is 4.54. The van der Waals surface area contributed by atoms with Crippen molar-refractivity contribution < 1.29 is 9.53 Å². The molecule has 2 aromatic rings. The molecule has 108 valence electrons. The standard InChI is InChI=1S/C16H15ClN2O2/c1-12(21-15-5-3-2-4-6-15)16(20)19-18-11-13-7-9-14(17)10-8-13/h2-12H,1H3,(H,19,20). The summed E-state index contributed by atoms with van der Waals surface area (Å²) in [6, 6.07) is 16.3. The van der Waals surface area contributed by atoms with Gasteiger partial charge in [-0.05, 0) is 36.8 Å². The van der Waals surface area contributed by atoms with Crippen LogP contribution in [0.15, 0.2) is 59.7 Å². The lowest BCUT2D eigenvalue weighted by Crippen LogP contribution is -2.33.